The third-order valence-electron chi connectivity index (χ3n) is 6.01. The van der Waals surface area contributed by atoms with Crippen molar-refractivity contribution < 1.29 is 23.9 Å². The Hall–Kier alpha value is -4.05. The molecule has 5 rings (SSSR count). The Morgan fingerprint density at radius 2 is 1.78 bits per heavy atom. The van der Waals surface area contributed by atoms with Crippen LogP contribution in [0.4, 0.5) is 9.93 Å². The molecular weight excluding hydrogens is 480 g/mol. The van der Waals surface area contributed by atoms with Crippen LogP contribution in [0.2, 0.25) is 0 Å². The molecule has 1 unspecified atom stereocenters. The number of rotatable bonds is 7. The predicted octanol–water partition coefficient (Wildman–Crippen LogP) is 3.97. The smallest absolute Gasteiger partial charge is 0.417 e. The average molecular weight is 505 g/mol. The number of nitrogens with zero attached hydrogens (tertiary/aromatic N) is 2. The Balaban J connectivity index is 1.20. The van der Waals surface area contributed by atoms with Crippen LogP contribution in [0.25, 0.3) is 11.3 Å². The van der Waals surface area contributed by atoms with Crippen LogP contribution in [-0.2, 0) is 20.9 Å². The van der Waals surface area contributed by atoms with Gasteiger partial charge >= 0.3 is 6.09 Å². The van der Waals surface area contributed by atoms with Crippen molar-refractivity contribution in [3.8, 4) is 11.3 Å². The van der Waals surface area contributed by atoms with Crippen LogP contribution >= 0.6 is 11.3 Å². The summed E-state index contributed by atoms with van der Waals surface area (Å²) < 4.78 is 5.27. The number of nitrogens with one attached hydrogen (secondary N) is 2. The van der Waals surface area contributed by atoms with E-state index in [2.05, 4.69) is 15.6 Å². The molecule has 4 amide bonds. The Morgan fingerprint density at radius 3 is 2.50 bits per heavy atom. The monoisotopic (exact) mass is 504 g/mol. The number of imide groups is 1. The van der Waals surface area contributed by atoms with E-state index in [4.69, 9.17) is 4.74 Å². The highest BCUT2D eigenvalue weighted by Gasteiger charge is 2.41. The summed E-state index contributed by atoms with van der Waals surface area (Å²) in [5, 5.41) is 7.81. The van der Waals surface area contributed by atoms with Crippen LogP contribution in [0.1, 0.15) is 41.6 Å². The third-order valence-corrected chi connectivity index (χ3v) is 6.76. The van der Waals surface area contributed by atoms with E-state index in [1.165, 1.54) is 11.3 Å². The number of amides is 4. The molecule has 1 saturated heterocycles. The van der Waals surface area contributed by atoms with Gasteiger partial charge in [0.2, 0.25) is 11.8 Å². The summed E-state index contributed by atoms with van der Waals surface area (Å²) in [6, 6.07) is 15.5. The minimum absolute atomic E-state index is 0.00859. The van der Waals surface area contributed by atoms with Gasteiger partial charge in [0.15, 0.2) is 5.13 Å². The third kappa shape index (κ3) is 5.44. The van der Waals surface area contributed by atoms with Gasteiger partial charge in [0.05, 0.1) is 5.69 Å². The van der Waals surface area contributed by atoms with Gasteiger partial charge in [-0.2, -0.15) is 0 Å². The molecule has 0 bridgehead atoms. The largest absolute Gasteiger partial charge is 0.444 e. The standard InChI is InChI=1S/C26H24N4O5S/c31-22-13-12-21(30(22)26(34)35-14-16-4-2-1-3-5-16)24(33)29-25-28-20(15-36-25)17-6-8-18(9-7-17)23(32)27-19-10-11-19/h1-9,15,19,21H,10-14H2,(H,27,32)(H,28,29,33). The molecule has 36 heavy (non-hydrogen) atoms. The molecule has 3 aromatic rings. The molecule has 1 aliphatic carbocycles. The predicted molar refractivity (Wildman–Crippen MR) is 133 cm³/mol. The van der Waals surface area contributed by atoms with Gasteiger partial charge in [0.1, 0.15) is 12.6 Å². The molecule has 2 N–H and O–H groups in total. The van der Waals surface area contributed by atoms with Crippen molar-refractivity contribution in [3.05, 3.63) is 71.1 Å². The minimum Gasteiger partial charge on any atom is -0.444 e. The number of carbonyl (C=O) groups excluding carboxylic acids is 4. The van der Waals surface area contributed by atoms with Crippen molar-refractivity contribution in [1.29, 1.82) is 0 Å². The molecule has 1 aliphatic heterocycles. The first-order chi connectivity index (χ1) is 17.5. The summed E-state index contributed by atoms with van der Waals surface area (Å²) in [5.41, 5.74) is 2.81. The summed E-state index contributed by atoms with van der Waals surface area (Å²) in [6.07, 6.45) is 1.51. The molecule has 9 nitrogen and oxygen atoms in total. The second-order valence-electron chi connectivity index (χ2n) is 8.71. The number of likely N-dealkylation sites (tertiary alicyclic amines) is 1. The summed E-state index contributed by atoms with van der Waals surface area (Å²) in [4.78, 5) is 55.3. The SMILES string of the molecule is O=C(NC1CC1)c1ccc(-c2csc(NC(=O)C3CCC(=O)N3C(=O)OCc3ccccc3)n2)cc1. The fourth-order valence-electron chi connectivity index (χ4n) is 3.89. The molecule has 1 saturated carbocycles. The first-order valence-electron chi connectivity index (χ1n) is 11.7. The number of carbonyl (C=O) groups is 4. The maximum Gasteiger partial charge on any atom is 0.417 e. The van der Waals surface area contributed by atoms with Gasteiger partial charge in [-0.05, 0) is 37.0 Å². The van der Waals surface area contributed by atoms with Gasteiger partial charge in [-0.15, -0.1) is 11.3 Å². The highest BCUT2D eigenvalue weighted by atomic mass is 32.1. The number of ether oxygens (including phenoxy) is 1. The van der Waals surface area contributed by atoms with Crippen molar-refractivity contribution in [2.75, 3.05) is 5.32 Å². The molecule has 1 atom stereocenters. The molecule has 2 fully saturated rings. The number of thiazole rings is 1. The number of aromatic nitrogens is 1. The Kier molecular flexibility index (Phi) is 6.77. The molecular formula is C26H24N4O5S. The van der Waals surface area contributed by atoms with E-state index in [1.807, 2.05) is 30.3 Å². The number of benzene rings is 2. The zero-order valence-electron chi connectivity index (χ0n) is 19.3. The van der Waals surface area contributed by atoms with E-state index < -0.39 is 23.9 Å². The fraction of sp³-hybridized carbons (Fsp3) is 0.269. The first-order valence-corrected chi connectivity index (χ1v) is 12.6. The zero-order chi connectivity index (χ0) is 25.1. The lowest BCUT2D eigenvalue weighted by Crippen LogP contribution is -2.45. The second-order valence-corrected chi connectivity index (χ2v) is 9.57. The summed E-state index contributed by atoms with van der Waals surface area (Å²) in [7, 11) is 0. The molecule has 0 radical (unpaired) electrons. The highest BCUT2D eigenvalue weighted by Crippen LogP contribution is 2.27. The lowest BCUT2D eigenvalue weighted by Gasteiger charge is -2.21. The van der Waals surface area contributed by atoms with Gasteiger partial charge in [-0.25, -0.2) is 14.7 Å². The van der Waals surface area contributed by atoms with Gasteiger partial charge in [0, 0.05) is 29.0 Å². The molecule has 184 valence electrons. The maximum atomic E-state index is 12.9. The molecule has 2 aromatic carbocycles. The molecule has 1 aromatic heterocycles. The van der Waals surface area contributed by atoms with Crippen LogP contribution in [0.3, 0.4) is 0 Å². The summed E-state index contributed by atoms with van der Waals surface area (Å²) >= 11 is 1.23. The van der Waals surface area contributed by atoms with Crippen LogP contribution in [0, 0.1) is 0 Å². The Morgan fingerprint density at radius 1 is 1.03 bits per heavy atom. The highest BCUT2D eigenvalue weighted by molar-refractivity contribution is 7.14. The minimum atomic E-state index is -0.961. The number of anilines is 1. The second kappa shape index (κ2) is 10.3. The molecule has 0 spiro atoms. The Bertz CT molecular complexity index is 1290. The van der Waals surface area contributed by atoms with Crippen molar-refractivity contribution in [2.24, 2.45) is 0 Å². The van der Waals surface area contributed by atoms with Gasteiger partial charge in [0.25, 0.3) is 5.91 Å². The fourth-order valence-corrected chi connectivity index (χ4v) is 4.61. The van der Waals surface area contributed by atoms with Crippen molar-refractivity contribution in [1.82, 2.24) is 15.2 Å². The van der Waals surface area contributed by atoms with E-state index in [-0.39, 0.29) is 25.4 Å². The average Bonchev–Trinajstić information content (AvgIpc) is 3.43. The molecule has 2 aliphatic rings. The first kappa shape index (κ1) is 23.7. The van der Waals surface area contributed by atoms with Crippen LogP contribution < -0.4 is 10.6 Å². The lowest BCUT2D eigenvalue weighted by atomic mass is 10.1. The van der Waals surface area contributed by atoms with Gasteiger partial charge < -0.3 is 15.4 Å². The summed E-state index contributed by atoms with van der Waals surface area (Å²) in [6.45, 7) is 0.00859. The lowest BCUT2D eigenvalue weighted by molar-refractivity contribution is -0.131. The normalized spacial score (nSPS) is 17.1. The van der Waals surface area contributed by atoms with E-state index in [1.54, 1.807) is 29.6 Å². The van der Waals surface area contributed by atoms with E-state index in [0.29, 0.717) is 22.4 Å². The van der Waals surface area contributed by atoms with Crippen molar-refractivity contribution in [2.45, 2.75) is 44.4 Å². The quantitative estimate of drug-likeness (QED) is 0.503. The van der Waals surface area contributed by atoms with Gasteiger partial charge in [-0.1, -0.05) is 42.5 Å². The summed E-state index contributed by atoms with van der Waals surface area (Å²) in [5.74, 6) is -1.03. The van der Waals surface area contributed by atoms with E-state index in [0.717, 1.165) is 28.9 Å². The van der Waals surface area contributed by atoms with Crippen molar-refractivity contribution >= 4 is 40.3 Å². The topological polar surface area (TPSA) is 118 Å². The zero-order valence-corrected chi connectivity index (χ0v) is 20.1. The maximum absolute atomic E-state index is 12.9. The van der Waals surface area contributed by atoms with Crippen LogP contribution in [-0.4, -0.2) is 45.8 Å². The van der Waals surface area contributed by atoms with Crippen molar-refractivity contribution in [3.63, 3.8) is 0 Å². The molecule has 10 heteroatoms. The number of hydrogen-bond acceptors (Lipinski definition) is 7. The van der Waals surface area contributed by atoms with Crippen LogP contribution in [0.5, 0.6) is 0 Å². The van der Waals surface area contributed by atoms with Gasteiger partial charge in [-0.3, -0.25) is 14.4 Å². The van der Waals surface area contributed by atoms with Crippen LogP contribution in [0.15, 0.2) is 60.0 Å². The van der Waals surface area contributed by atoms with E-state index >= 15 is 0 Å². The number of hydrogen-bond donors (Lipinski definition) is 2. The molecule has 2 heterocycles. The Labute approximate surface area is 211 Å². The van der Waals surface area contributed by atoms with E-state index in [9.17, 15) is 19.2 Å².